The average molecular weight is 410 g/mol. The standard InChI is InChI=1S/C19H14ClF2NO5/c1-26-16-7-10(6-12(20)18(16)28-19(21)22)2-4-14(24)11-3-5-15-13(8-11)23-17(25)9-27-15/h2-8,19H,9H2,1H3,(H,23,25)/b4-2+. The van der Waals surface area contributed by atoms with Crippen LogP contribution in [-0.4, -0.2) is 32.0 Å². The Hall–Kier alpha value is -3.13. The molecule has 1 aliphatic rings. The van der Waals surface area contributed by atoms with Crippen LogP contribution in [0.25, 0.3) is 6.08 Å². The first-order chi connectivity index (χ1) is 13.4. The molecule has 28 heavy (non-hydrogen) atoms. The van der Waals surface area contributed by atoms with Crippen LogP contribution in [0.1, 0.15) is 15.9 Å². The fourth-order valence-electron chi connectivity index (χ4n) is 2.54. The minimum Gasteiger partial charge on any atom is -0.493 e. The molecular weight excluding hydrogens is 396 g/mol. The van der Waals surface area contributed by atoms with E-state index >= 15 is 0 Å². The summed E-state index contributed by atoms with van der Waals surface area (Å²) in [5.74, 6) is -0.445. The molecule has 3 rings (SSSR count). The molecule has 0 radical (unpaired) electrons. The summed E-state index contributed by atoms with van der Waals surface area (Å²) in [5.41, 5.74) is 1.19. The Bertz CT molecular complexity index is 962. The Morgan fingerprint density at radius 2 is 2.11 bits per heavy atom. The number of benzene rings is 2. The molecule has 0 atom stereocenters. The predicted octanol–water partition coefficient (Wildman–Crippen LogP) is 4.18. The summed E-state index contributed by atoms with van der Waals surface area (Å²) in [6, 6.07) is 7.44. The lowest BCUT2D eigenvalue weighted by Crippen LogP contribution is -2.25. The molecule has 0 bridgehead atoms. The van der Waals surface area contributed by atoms with E-state index in [9.17, 15) is 18.4 Å². The first-order valence-electron chi connectivity index (χ1n) is 7.99. The maximum absolute atomic E-state index is 12.5. The van der Waals surface area contributed by atoms with E-state index in [1.165, 1.54) is 37.5 Å². The number of fused-ring (bicyclic) bond motifs is 1. The van der Waals surface area contributed by atoms with Crippen molar-refractivity contribution in [2.24, 2.45) is 0 Å². The lowest BCUT2D eigenvalue weighted by Gasteiger charge is -2.18. The van der Waals surface area contributed by atoms with Gasteiger partial charge < -0.3 is 19.5 Å². The maximum Gasteiger partial charge on any atom is 0.387 e. The monoisotopic (exact) mass is 409 g/mol. The van der Waals surface area contributed by atoms with Crippen molar-refractivity contribution in [2.75, 3.05) is 19.0 Å². The van der Waals surface area contributed by atoms with Crippen LogP contribution in [-0.2, 0) is 4.79 Å². The van der Waals surface area contributed by atoms with Crippen LogP contribution in [0.3, 0.4) is 0 Å². The number of halogens is 3. The van der Waals surface area contributed by atoms with Crippen LogP contribution in [0.15, 0.2) is 36.4 Å². The third kappa shape index (κ3) is 4.40. The van der Waals surface area contributed by atoms with Gasteiger partial charge in [0.15, 0.2) is 23.9 Å². The molecular formula is C19H14ClF2NO5. The molecule has 6 nitrogen and oxygen atoms in total. The number of rotatable bonds is 6. The molecule has 1 amide bonds. The van der Waals surface area contributed by atoms with Crippen molar-refractivity contribution in [2.45, 2.75) is 6.61 Å². The SMILES string of the molecule is COc1cc(/C=C/C(=O)c2ccc3c(c2)NC(=O)CO3)cc(Cl)c1OC(F)F. The fraction of sp³-hybridized carbons (Fsp3) is 0.158. The first-order valence-corrected chi connectivity index (χ1v) is 8.36. The van der Waals surface area contributed by atoms with E-state index in [0.717, 1.165) is 0 Å². The maximum atomic E-state index is 12.5. The fourth-order valence-corrected chi connectivity index (χ4v) is 2.81. The predicted molar refractivity (Wildman–Crippen MR) is 98.6 cm³/mol. The summed E-state index contributed by atoms with van der Waals surface area (Å²) >= 11 is 5.97. The minimum absolute atomic E-state index is 0.00791. The van der Waals surface area contributed by atoms with Crippen LogP contribution in [0.2, 0.25) is 5.02 Å². The van der Waals surface area contributed by atoms with E-state index in [0.29, 0.717) is 22.6 Å². The van der Waals surface area contributed by atoms with Gasteiger partial charge in [0.1, 0.15) is 5.75 Å². The molecule has 0 aromatic heterocycles. The van der Waals surface area contributed by atoms with Crippen molar-refractivity contribution in [3.05, 3.63) is 52.6 Å². The number of anilines is 1. The van der Waals surface area contributed by atoms with Crippen molar-refractivity contribution < 1.29 is 32.6 Å². The number of alkyl halides is 2. The second-order valence-electron chi connectivity index (χ2n) is 5.66. The van der Waals surface area contributed by atoms with E-state index in [-0.39, 0.29) is 34.8 Å². The highest BCUT2D eigenvalue weighted by Crippen LogP contribution is 2.37. The van der Waals surface area contributed by atoms with Gasteiger partial charge in [-0.05, 0) is 42.0 Å². The van der Waals surface area contributed by atoms with Gasteiger partial charge in [-0.15, -0.1) is 0 Å². The zero-order valence-corrected chi connectivity index (χ0v) is 15.3. The number of hydrogen-bond acceptors (Lipinski definition) is 5. The molecule has 146 valence electrons. The third-order valence-electron chi connectivity index (χ3n) is 3.78. The van der Waals surface area contributed by atoms with Crippen LogP contribution in [0.4, 0.5) is 14.5 Å². The molecule has 0 fully saturated rings. The van der Waals surface area contributed by atoms with E-state index in [2.05, 4.69) is 10.1 Å². The van der Waals surface area contributed by atoms with Crippen LogP contribution < -0.4 is 19.5 Å². The molecule has 1 N–H and O–H groups in total. The highest BCUT2D eigenvalue weighted by molar-refractivity contribution is 6.32. The van der Waals surface area contributed by atoms with Crippen molar-refractivity contribution in [1.29, 1.82) is 0 Å². The van der Waals surface area contributed by atoms with Gasteiger partial charge in [0.05, 0.1) is 17.8 Å². The summed E-state index contributed by atoms with van der Waals surface area (Å²) < 4.78 is 39.6. The molecule has 1 heterocycles. The number of ketones is 1. The summed E-state index contributed by atoms with van der Waals surface area (Å²) in [6.45, 7) is -3.13. The van der Waals surface area contributed by atoms with Crippen LogP contribution >= 0.6 is 11.6 Å². The Morgan fingerprint density at radius 3 is 2.82 bits per heavy atom. The van der Waals surface area contributed by atoms with Crippen molar-refractivity contribution >= 4 is 35.1 Å². The van der Waals surface area contributed by atoms with Gasteiger partial charge in [-0.3, -0.25) is 9.59 Å². The highest BCUT2D eigenvalue weighted by Gasteiger charge is 2.18. The summed E-state index contributed by atoms with van der Waals surface area (Å²) in [4.78, 5) is 23.8. The van der Waals surface area contributed by atoms with E-state index in [1.54, 1.807) is 12.1 Å². The summed E-state index contributed by atoms with van der Waals surface area (Å²) in [6.07, 6.45) is 2.74. The van der Waals surface area contributed by atoms with Gasteiger partial charge in [0.2, 0.25) is 0 Å². The van der Waals surface area contributed by atoms with Gasteiger partial charge in [-0.2, -0.15) is 8.78 Å². The molecule has 0 unspecified atom stereocenters. The quantitative estimate of drug-likeness (QED) is 0.572. The lowest BCUT2D eigenvalue weighted by molar-refractivity contribution is -0.118. The van der Waals surface area contributed by atoms with Gasteiger partial charge in [-0.1, -0.05) is 17.7 Å². The summed E-state index contributed by atoms with van der Waals surface area (Å²) in [7, 11) is 1.28. The topological polar surface area (TPSA) is 73.9 Å². The van der Waals surface area contributed by atoms with Crippen LogP contribution in [0, 0.1) is 0 Å². The largest absolute Gasteiger partial charge is 0.493 e. The number of amides is 1. The van der Waals surface area contributed by atoms with Crippen LogP contribution in [0.5, 0.6) is 17.2 Å². The van der Waals surface area contributed by atoms with Crippen molar-refractivity contribution in [3.63, 3.8) is 0 Å². The van der Waals surface area contributed by atoms with E-state index in [1.807, 2.05) is 0 Å². The Kier molecular flexibility index (Phi) is 5.79. The normalized spacial score (nSPS) is 13.1. The summed E-state index contributed by atoms with van der Waals surface area (Å²) in [5, 5.41) is 2.54. The molecule has 1 aliphatic heterocycles. The highest BCUT2D eigenvalue weighted by atomic mass is 35.5. The number of ether oxygens (including phenoxy) is 3. The van der Waals surface area contributed by atoms with Gasteiger partial charge in [0, 0.05) is 5.56 Å². The van der Waals surface area contributed by atoms with Gasteiger partial charge >= 0.3 is 6.61 Å². The number of methoxy groups -OCH3 is 1. The third-order valence-corrected chi connectivity index (χ3v) is 4.06. The Morgan fingerprint density at radius 1 is 1.32 bits per heavy atom. The zero-order valence-electron chi connectivity index (χ0n) is 14.5. The number of carbonyl (C=O) groups is 2. The lowest BCUT2D eigenvalue weighted by atomic mass is 10.1. The molecule has 0 aliphatic carbocycles. The molecule has 0 spiro atoms. The van der Waals surface area contributed by atoms with Gasteiger partial charge in [0.25, 0.3) is 5.91 Å². The number of hydrogen-bond donors (Lipinski definition) is 1. The molecule has 2 aromatic rings. The van der Waals surface area contributed by atoms with Crippen molar-refractivity contribution in [3.8, 4) is 17.2 Å². The Balaban J connectivity index is 1.82. The smallest absolute Gasteiger partial charge is 0.387 e. The molecule has 9 heteroatoms. The number of allylic oxidation sites excluding steroid dienone is 1. The molecule has 0 saturated carbocycles. The number of nitrogens with one attached hydrogen (secondary N) is 1. The second-order valence-corrected chi connectivity index (χ2v) is 6.07. The minimum atomic E-state index is -3.05. The van der Waals surface area contributed by atoms with Crippen molar-refractivity contribution in [1.82, 2.24) is 0 Å². The number of carbonyl (C=O) groups excluding carboxylic acids is 2. The van der Waals surface area contributed by atoms with E-state index in [4.69, 9.17) is 21.1 Å². The molecule has 0 saturated heterocycles. The first kappa shape index (κ1) is 19.6. The van der Waals surface area contributed by atoms with E-state index < -0.39 is 6.61 Å². The average Bonchev–Trinajstić information content (AvgIpc) is 2.66. The molecule has 2 aromatic carbocycles. The zero-order chi connectivity index (χ0) is 20.3. The Labute approximate surface area is 163 Å². The van der Waals surface area contributed by atoms with Gasteiger partial charge in [-0.25, -0.2) is 0 Å². The second kappa shape index (κ2) is 8.26.